The van der Waals surface area contributed by atoms with Crippen LogP contribution in [0.1, 0.15) is 18.9 Å². The predicted molar refractivity (Wildman–Crippen MR) is 103 cm³/mol. The number of amides is 1. The number of hydrogen-bond donors (Lipinski definition) is 2. The van der Waals surface area contributed by atoms with Gasteiger partial charge in [0.05, 0.1) is 12.3 Å². The van der Waals surface area contributed by atoms with Gasteiger partial charge in [-0.1, -0.05) is 42.5 Å². The van der Waals surface area contributed by atoms with Gasteiger partial charge in [-0.2, -0.15) is 0 Å². The molecule has 2 atom stereocenters. The van der Waals surface area contributed by atoms with E-state index in [0.717, 1.165) is 5.56 Å². The van der Waals surface area contributed by atoms with Gasteiger partial charge in [0.1, 0.15) is 24.4 Å². The minimum Gasteiger partial charge on any atom is -0.489 e. The summed E-state index contributed by atoms with van der Waals surface area (Å²) in [4.78, 5) is 25.0. The summed E-state index contributed by atoms with van der Waals surface area (Å²) in [5, 5.41) is 5.97. The van der Waals surface area contributed by atoms with Crippen molar-refractivity contribution in [3.8, 4) is 5.75 Å². The molecule has 1 heterocycles. The normalized spacial score (nSPS) is 17.1. The average Bonchev–Trinajstić information content (AvgIpc) is 2.84. The first-order valence-electron chi connectivity index (χ1n) is 9.16. The molecule has 6 nitrogen and oxygen atoms in total. The van der Waals surface area contributed by atoms with Gasteiger partial charge in [-0.15, -0.1) is 0 Å². The van der Waals surface area contributed by atoms with E-state index in [2.05, 4.69) is 10.6 Å². The number of ether oxygens (including phenoxy) is 2. The average molecular weight is 368 g/mol. The number of rotatable bonds is 7. The van der Waals surface area contributed by atoms with Crippen molar-refractivity contribution in [2.24, 2.45) is 0 Å². The molecule has 0 fully saturated rings. The maximum absolute atomic E-state index is 12.6. The fraction of sp³-hybridized carbons (Fsp3) is 0.333. The molecular weight excluding hydrogens is 344 g/mol. The highest BCUT2D eigenvalue weighted by Crippen LogP contribution is 2.26. The quantitative estimate of drug-likeness (QED) is 0.735. The maximum atomic E-state index is 12.6. The molecule has 2 unspecified atom stereocenters. The second-order valence-corrected chi connectivity index (χ2v) is 6.34. The predicted octanol–water partition coefficient (Wildman–Crippen LogP) is 2.54. The van der Waals surface area contributed by atoms with Crippen molar-refractivity contribution in [2.45, 2.75) is 31.8 Å². The summed E-state index contributed by atoms with van der Waals surface area (Å²) in [6.07, 6.45) is 1.23. The Kier molecular flexibility index (Phi) is 6.44. The summed E-state index contributed by atoms with van der Waals surface area (Å²) < 4.78 is 10.9. The van der Waals surface area contributed by atoms with Crippen LogP contribution in [-0.4, -0.2) is 37.2 Å². The van der Waals surface area contributed by atoms with Crippen LogP contribution in [0.5, 0.6) is 5.75 Å². The van der Waals surface area contributed by atoms with Crippen molar-refractivity contribution in [3.63, 3.8) is 0 Å². The van der Waals surface area contributed by atoms with Crippen molar-refractivity contribution in [1.82, 2.24) is 5.32 Å². The molecular formula is C21H24N2O4. The summed E-state index contributed by atoms with van der Waals surface area (Å²) in [6, 6.07) is 15.9. The molecule has 0 saturated heterocycles. The number of esters is 1. The zero-order valence-electron chi connectivity index (χ0n) is 15.3. The van der Waals surface area contributed by atoms with Gasteiger partial charge in [0.15, 0.2) is 0 Å². The summed E-state index contributed by atoms with van der Waals surface area (Å²) in [5.74, 6) is 0.0315. The number of carbonyl (C=O) groups excluding carboxylic acids is 2. The van der Waals surface area contributed by atoms with Gasteiger partial charge in [-0.3, -0.25) is 14.9 Å². The lowest BCUT2D eigenvalue weighted by Gasteiger charge is -2.22. The van der Waals surface area contributed by atoms with Crippen LogP contribution in [0.4, 0.5) is 5.69 Å². The Hall–Kier alpha value is -2.86. The maximum Gasteiger partial charge on any atom is 0.323 e. The SMILES string of the molecule is CCOC(=O)C(CCc1ccccc1)NC1COc2ccccc2NC1=O. The van der Waals surface area contributed by atoms with Crippen LogP contribution >= 0.6 is 0 Å². The lowest BCUT2D eigenvalue weighted by Crippen LogP contribution is -2.51. The minimum atomic E-state index is -0.650. The first kappa shape index (κ1) is 18.9. The molecule has 0 bridgehead atoms. The van der Waals surface area contributed by atoms with E-state index in [4.69, 9.17) is 9.47 Å². The van der Waals surface area contributed by atoms with Gasteiger partial charge in [-0.05, 0) is 37.5 Å². The standard InChI is InChI=1S/C21H24N2O4/c1-2-26-21(25)17(13-12-15-8-4-3-5-9-15)22-18-14-27-19-11-7-6-10-16(19)23-20(18)24/h3-11,17-18,22H,2,12-14H2,1H3,(H,23,24). The van der Waals surface area contributed by atoms with E-state index in [-0.39, 0.29) is 18.5 Å². The zero-order chi connectivity index (χ0) is 19.1. The van der Waals surface area contributed by atoms with Crippen LogP contribution in [0.3, 0.4) is 0 Å². The third-order valence-electron chi connectivity index (χ3n) is 4.40. The number of benzene rings is 2. The summed E-state index contributed by atoms with van der Waals surface area (Å²) in [7, 11) is 0. The van der Waals surface area contributed by atoms with E-state index in [1.165, 1.54) is 0 Å². The van der Waals surface area contributed by atoms with Crippen LogP contribution in [0.15, 0.2) is 54.6 Å². The lowest BCUT2D eigenvalue weighted by molar-refractivity contribution is -0.146. The Morgan fingerprint density at radius 3 is 2.74 bits per heavy atom. The fourth-order valence-corrected chi connectivity index (χ4v) is 3.00. The molecule has 6 heteroatoms. The molecule has 1 amide bonds. The molecule has 0 radical (unpaired) electrons. The minimum absolute atomic E-state index is 0.143. The highest BCUT2D eigenvalue weighted by Gasteiger charge is 2.30. The highest BCUT2D eigenvalue weighted by atomic mass is 16.5. The first-order chi connectivity index (χ1) is 13.2. The van der Waals surface area contributed by atoms with Crippen molar-refractivity contribution >= 4 is 17.6 Å². The summed E-state index contributed by atoms with van der Waals surface area (Å²) in [6.45, 7) is 2.20. The van der Waals surface area contributed by atoms with E-state index < -0.39 is 12.1 Å². The van der Waals surface area contributed by atoms with E-state index in [1.54, 1.807) is 19.1 Å². The molecule has 1 aliphatic heterocycles. The summed E-state index contributed by atoms with van der Waals surface area (Å²) >= 11 is 0. The van der Waals surface area contributed by atoms with Crippen LogP contribution in [0, 0.1) is 0 Å². The molecule has 0 aliphatic carbocycles. The van der Waals surface area contributed by atoms with Crippen LogP contribution in [0.2, 0.25) is 0 Å². The third kappa shape index (κ3) is 5.08. The van der Waals surface area contributed by atoms with E-state index in [1.807, 2.05) is 42.5 Å². The van der Waals surface area contributed by atoms with Crippen LogP contribution < -0.4 is 15.4 Å². The molecule has 142 valence electrons. The lowest BCUT2D eigenvalue weighted by atomic mass is 10.0. The number of carbonyl (C=O) groups is 2. The molecule has 2 aromatic carbocycles. The number of nitrogens with one attached hydrogen (secondary N) is 2. The van der Waals surface area contributed by atoms with E-state index >= 15 is 0 Å². The van der Waals surface area contributed by atoms with Crippen molar-refractivity contribution in [1.29, 1.82) is 0 Å². The fourth-order valence-electron chi connectivity index (χ4n) is 3.00. The van der Waals surface area contributed by atoms with E-state index in [9.17, 15) is 9.59 Å². The molecule has 2 aromatic rings. The zero-order valence-corrected chi connectivity index (χ0v) is 15.3. The van der Waals surface area contributed by atoms with Gasteiger partial charge in [0, 0.05) is 0 Å². The molecule has 0 saturated carbocycles. The number of fused-ring (bicyclic) bond motifs is 1. The second kappa shape index (κ2) is 9.19. The number of aryl methyl sites for hydroxylation is 1. The first-order valence-corrected chi connectivity index (χ1v) is 9.16. The second-order valence-electron chi connectivity index (χ2n) is 6.34. The molecule has 3 rings (SSSR count). The van der Waals surface area contributed by atoms with Gasteiger partial charge in [0.2, 0.25) is 5.91 Å². The largest absolute Gasteiger partial charge is 0.489 e. The Morgan fingerprint density at radius 1 is 1.22 bits per heavy atom. The third-order valence-corrected chi connectivity index (χ3v) is 4.40. The molecule has 2 N–H and O–H groups in total. The number of para-hydroxylation sites is 2. The highest BCUT2D eigenvalue weighted by molar-refractivity contribution is 5.97. The van der Waals surface area contributed by atoms with Gasteiger partial charge >= 0.3 is 5.97 Å². The van der Waals surface area contributed by atoms with E-state index in [0.29, 0.717) is 30.9 Å². The Labute approximate surface area is 158 Å². The van der Waals surface area contributed by atoms with Crippen LogP contribution in [0.25, 0.3) is 0 Å². The Balaban J connectivity index is 1.67. The molecule has 0 aromatic heterocycles. The van der Waals surface area contributed by atoms with Crippen molar-refractivity contribution in [2.75, 3.05) is 18.5 Å². The smallest absolute Gasteiger partial charge is 0.323 e. The topological polar surface area (TPSA) is 76.7 Å². The monoisotopic (exact) mass is 368 g/mol. The number of anilines is 1. The molecule has 1 aliphatic rings. The van der Waals surface area contributed by atoms with Gasteiger partial charge in [-0.25, -0.2) is 0 Å². The number of hydrogen-bond acceptors (Lipinski definition) is 5. The molecule has 27 heavy (non-hydrogen) atoms. The van der Waals surface area contributed by atoms with Gasteiger partial charge in [0.25, 0.3) is 0 Å². The Morgan fingerprint density at radius 2 is 1.96 bits per heavy atom. The summed E-state index contributed by atoms with van der Waals surface area (Å²) in [5.41, 5.74) is 1.76. The van der Waals surface area contributed by atoms with Crippen molar-refractivity contribution in [3.05, 3.63) is 60.2 Å². The molecule has 0 spiro atoms. The van der Waals surface area contributed by atoms with Gasteiger partial charge < -0.3 is 14.8 Å². The van der Waals surface area contributed by atoms with Crippen LogP contribution in [-0.2, 0) is 20.7 Å². The Bertz CT molecular complexity index is 779. The van der Waals surface area contributed by atoms with Crippen molar-refractivity contribution < 1.29 is 19.1 Å².